The van der Waals surface area contributed by atoms with E-state index in [1.54, 1.807) is 0 Å². The molecule has 0 aliphatic carbocycles. The smallest absolute Gasteiger partial charge is 0.0704 e. The van der Waals surface area contributed by atoms with E-state index in [9.17, 15) is 0 Å². The van der Waals surface area contributed by atoms with Crippen LogP contribution >= 0.6 is 0 Å². The van der Waals surface area contributed by atoms with Crippen molar-refractivity contribution < 1.29 is 24.1 Å². The number of aliphatic hydroxyl groups excluding tert-OH is 1. The fourth-order valence-corrected chi connectivity index (χ4v) is 0.915. The van der Waals surface area contributed by atoms with Crippen molar-refractivity contribution in [2.24, 2.45) is 0 Å². The molecule has 0 amide bonds. The van der Waals surface area contributed by atoms with Crippen LogP contribution < -0.4 is 0 Å². The Balaban J connectivity index is 2.88. The monoisotopic (exact) mass is 235 g/mol. The van der Waals surface area contributed by atoms with Crippen LogP contribution in [0.4, 0.5) is 0 Å². The first kappa shape index (κ1) is 15.8. The van der Waals surface area contributed by atoms with Gasteiger partial charge in [-0.3, -0.25) is 0 Å². The van der Waals surface area contributed by atoms with Crippen molar-refractivity contribution in [3.63, 3.8) is 0 Å². The standard InChI is InChI=1S/C11H23O5/c1-11(2)16-10-9-15-8-7-14-6-5-13-4-3-12/h11-12H,1,3-10H2,2H3. The Morgan fingerprint density at radius 2 is 1.31 bits per heavy atom. The highest BCUT2D eigenvalue weighted by Gasteiger charge is 1.94. The highest BCUT2D eigenvalue weighted by atomic mass is 16.6. The SMILES string of the molecule is [CH2]C(C)OCCOCCOCCOCCO. The lowest BCUT2D eigenvalue weighted by atomic mass is 10.5. The van der Waals surface area contributed by atoms with Crippen LogP contribution in [-0.2, 0) is 18.9 Å². The zero-order valence-electron chi connectivity index (χ0n) is 10.0. The molecule has 97 valence electrons. The molecule has 1 N–H and O–H groups in total. The molecule has 0 fully saturated rings. The maximum Gasteiger partial charge on any atom is 0.0704 e. The van der Waals surface area contributed by atoms with Crippen LogP contribution in [-0.4, -0.2) is 64.1 Å². The Labute approximate surface area is 97.6 Å². The first-order valence-corrected chi connectivity index (χ1v) is 5.56. The van der Waals surface area contributed by atoms with Gasteiger partial charge < -0.3 is 24.1 Å². The second-order valence-electron chi connectivity index (χ2n) is 3.24. The van der Waals surface area contributed by atoms with Crippen LogP contribution in [0.3, 0.4) is 0 Å². The molecule has 1 atom stereocenters. The summed E-state index contributed by atoms with van der Waals surface area (Å²) in [5, 5.41) is 8.43. The van der Waals surface area contributed by atoms with Gasteiger partial charge in [0, 0.05) is 0 Å². The van der Waals surface area contributed by atoms with E-state index in [0.29, 0.717) is 46.2 Å². The molecule has 0 saturated heterocycles. The molecule has 0 aromatic rings. The quantitative estimate of drug-likeness (QED) is 0.492. The van der Waals surface area contributed by atoms with E-state index in [-0.39, 0.29) is 12.7 Å². The summed E-state index contributed by atoms with van der Waals surface area (Å²) in [5.41, 5.74) is 0. The van der Waals surface area contributed by atoms with E-state index in [4.69, 9.17) is 24.1 Å². The first-order chi connectivity index (χ1) is 7.77. The van der Waals surface area contributed by atoms with Gasteiger partial charge in [-0.2, -0.15) is 0 Å². The summed E-state index contributed by atoms with van der Waals surface area (Å²) in [6, 6.07) is 0. The largest absolute Gasteiger partial charge is 0.394 e. The molecular weight excluding hydrogens is 212 g/mol. The summed E-state index contributed by atoms with van der Waals surface area (Å²) < 4.78 is 20.7. The van der Waals surface area contributed by atoms with Crippen molar-refractivity contribution in [3.05, 3.63) is 6.92 Å². The van der Waals surface area contributed by atoms with Crippen LogP contribution in [0.25, 0.3) is 0 Å². The molecule has 1 radical (unpaired) electrons. The third kappa shape index (κ3) is 13.8. The lowest BCUT2D eigenvalue weighted by Crippen LogP contribution is -2.14. The minimum Gasteiger partial charge on any atom is -0.394 e. The van der Waals surface area contributed by atoms with Crippen LogP contribution in [0.15, 0.2) is 0 Å². The molecule has 0 aromatic carbocycles. The number of ether oxygens (including phenoxy) is 4. The van der Waals surface area contributed by atoms with Gasteiger partial charge in [0.15, 0.2) is 0 Å². The highest BCUT2D eigenvalue weighted by molar-refractivity contribution is 4.48. The van der Waals surface area contributed by atoms with Crippen molar-refractivity contribution in [2.75, 3.05) is 52.9 Å². The van der Waals surface area contributed by atoms with Gasteiger partial charge in [-0.05, 0) is 13.8 Å². The third-order valence-electron chi connectivity index (χ3n) is 1.61. The maximum absolute atomic E-state index is 8.43. The normalized spacial score (nSPS) is 11.2. The van der Waals surface area contributed by atoms with E-state index in [2.05, 4.69) is 6.92 Å². The maximum atomic E-state index is 8.43. The second-order valence-corrected chi connectivity index (χ2v) is 3.24. The van der Waals surface area contributed by atoms with Gasteiger partial charge in [0.2, 0.25) is 0 Å². The lowest BCUT2D eigenvalue weighted by Gasteiger charge is -2.08. The number of rotatable bonds is 12. The van der Waals surface area contributed by atoms with Crippen molar-refractivity contribution in [1.29, 1.82) is 0 Å². The molecule has 0 rings (SSSR count). The van der Waals surface area contributed by atoms with Crippen LogP contribution in [0.2, 0.25) is 0 Å². The second kappa shape index (κ2) is 12.9. The zero-order chi connectivity index (χ0) is 12.1. The summed E-state index contributed by atoms with van der Waals surface area (Å²) >= 11 is 0. The molecule has 5 heteroatoms. The predicted octanol–water partition coefficient (Wildman–Crippen LogP) is 0.268. The summed E-state index contributed by atoms with van der Waals surface area (Å²) in [7, 11) is 0. The third-order valence-corrected chi connectivity index (χ3v) is 1.61. The van der Waals surface area contributed by atoms with Crippen molar-refractivity contribution in [1.82, 2.24) is 0 Å². The van der Waals surface area contributed by atoms with Gasteiger partial charge in [-0.25, -0.2) is 0 Å². The summed E-state index contributed by atoms with van der Waals surface area (Å²) in [5.74, 6) is 0. The lowest BCUT2D eigenvalue weighted by molar-refractivity contribution is -0.0109. The van der Waals surface area contributed by atoms with Gasteiger partial charge in [0.25, 0.3) is 0 Å². The molecule has 16 heavy (non-hydrogen) atoms. The van der Waals surface area contributed by atoms with Gasteiger partial charge in [-0.1, -0.05) is 0 Å². The van der Waals surface area contributed by atoms with Crippen molar-refractivity contribution in [2.45, 2.75) is 13.0 Å². The minimum atomic E-state index is 0.00326. The van der Waals surface area contributed by atoms with E-state index in [1.165, 1.54) is 0 Å². The summed E-state index contributed by atoms with van der Waals surface area (Å²) in [4.78, 5) is 0. The Bertz CT molecular complexity index is 130. The van der Waals surface area contributed by atoms with Gasteiger partial charge in [-0.15, -0.1) is 0 Å². The van der Waals surface area contributed by atoms with E-state index < -0.39 is 0 Å². The predicted molar refractivity (Wildman–Crippen MR) is 60.3 cm³/mol. The molecule has 0 saturated carbocycles. The van der Waals surface area contributed by atoms with E-state index in [0.717, 1.165) is 0 Å². The van der Waals surface area contributed by atoms with E-state index >= 15 is 0 Å². The van der Waals surface area contributed by atoms with Crippen LogP contribution in [0.1, 0.15) is 6.92 Å². The number of hydrogen-bond acceptors (Lipinski definition) is 5. The minimum absolute atomic E-state index is 0.00326. The zero-order valence-corrected chi connectivity index (χ0v) is 10.0. The molecule has 0 aliphatic heterocycles. The first-order valence-electron chi connectivity index (χ1n) is 5.56. The Kier molecular flexibility index (Phi) is 12.7. The Morgan fingerprint density at radius 1 is 0.875 bits per heavy atom. The Hall–Kier alpha value is -0.200. The van der Waals surface area contributed by atoms with Crippen molar-refractivity contribution in [3.8, 4) is 0 Å². The number of hydrogen-bond donors (Lipinski definition) is 1. The molecule has 0 bridgehead atoms. The van der Waals surface area contributed by atoms with Gasteiger partial charge in [0.05, 0.1) is 59.0 Å². The van der Waals surface area contributed by atoms with Gasteiger partial charge in [0.1, 0.15) is 0 Å². The Morgan fingerprint density at radius 3 is 1.75 bits per heavy atom. The van der Waals surface area contributed by atoms with Crippen LogP contribution in [0.5, 0.6) is 0 Å². The summed E-state index contributed by atoms with van der Waals surface area (Å²) in [6.45, 7) is 9.22. The fraction of sp³-hybridized carbons (Fsp3) is 0.909. The van der Waals surface area contributed by atoms with Crippen LogP contribution in [0, 0.1) is 6.92 Å². The number of aliphatic hydroxyl groups is 1. The summed E-state index contributed by atoms with van der Waals surface area (Å²) in [6.07, 6.45) is 0.00326. The van der Waals surface area contributed by atoms with Crippen molar-refractivity contribution >= 4 is 0 Å². The average Bonchev–Trinajstić information content (AvgIpc) is 2.25. The topological polar surface area (TPSA) is 57.2 Å². The van der Waals surface area contributed by atoms with E-state index in [1.807, 2.05) is 6.92 Å². The molecular formula is C11H23O5. The molecule has 5 nitrogen and oxygen atoms in total. The molecule has 0 aliphatic rings. The molecule has 1 unspecified atom stereocenters. The molecule has 0 aromatic heterocycles. The molecule has 0 heterocycles. The highest BCUT2D eigenvalue weighted by Crippen LogP contribution is 1.87. The fourth-order valence-electron chi connectivity index (χ4n) is 0.915. The molecule has 0 spiro atoms. The average molecular weight is 235 g/mol. The van der Waals surface area contributed by atoms with Gasteiger partial charge >= 0.3 is 0 Å².